The first-order chi connectivity index (χ1) is 9.43. The normalized spacial score (nSPS) is 10.5. The van der Waals surface area contributed by atoms with Crippen LogP contribution in [0, 0.1) is 10.1 Å². The molecule has 0 unspecified atom stereocenters. The third-order valence-corrected chi connectivity index (χ3v) is 3.80. The quantitative estimate of drug-likeness (QED) is 0.465. The van der Waals surface area contributed by atoms with Crippen LogP contribution in [0.25, 0.3) is 0 Å². The van der Waals surface area contributed by atoms with Gasteiger partial charge >= 0.3 is 16.9 Å². The molecular formula is C11H10N4O4S. The summed E-state index contributed by atoms with van der Waals surface area (Å²) in [6, 6.07) is 3.27. The summed E-state index contributed by atoms with van der Waals surface area (Å²) < 4.78 is 1.80. The molecule has 2 aromatic rings. The number of aromatic nitrogens is 3. The van der Waals surface area contributed by atoms with Gasteiger partial charge in [-0.25, -0.2) is 4.79 Å². The Morgan fingerprint density at radius 1 is 1.20 bits per heavy atom. The van der Waals surface area contributed by atoms with Crippen LogP contribution in [0.1, 0.15) is 0 Å². The number of pyridine rings is 1. The fraction of sp³-hybridized carbons (Fsp3) is 0.182. The molecule has 0 amide bonds. The predicted octanol–water partition coefficient (Wildman–Crippen LogP) is 0.538. The van der Waals surface area contributed by atoms with Crippen LogP contribution in [-0.4, -0.2) is 19.0 Å². The lowest BCUT2D eigenvalue weighted by Crippen LogP contribution is -2.38. The molecule has 0 aliphatic carbocycles. The summed E-state index contributed by atoms with van der Waals surface area (Å²) in [4.78, 5) is 38.5. The number of nitrogens with zero attached hydrogens (tertiary/aromatic N) is 4. The van der Waals surface area contributed by atoms with E-state index in [1.54, 1.807) is 12.1 Å². The first-order valence-corrected chi connectivity index (χ1v) is 6.27. The highest BCUT2D eigenvalue weighted by molar-refractivity contribution is 7.99. The van der Waals surface area contributed by atoms with Crippen LogP contribution in [0.3, 0.4) is 0 Å². The van der Waals surface area contributed by atoms with E-state index in [1.807, 2.05) is 0 Å². The summed E-state index contributed by atoms with van der Waals surface area (Å²) in [7, 11) is 2.59. The Kier molecular flexibility index (Phi) is 3.70. The molecular weight excluding hydrogens is 284 g/mol. The Balaban J connectivity index is 2.72. The molecule has 2 rings (SSSR count). The minimum Gasteiger partial charge on any atom is -0.285 e. The lowest BCUT2D eigenvalue weighted by molar-refractivity contribution is -0.390. The zero-order chi connectivity index (χ0) is 14.9. The van der Waals surface area contributed by atoms with Gasteiger partial charge in [0.05, 0.1) is 4.92 Å². The summed E-state index contributed by atoms with van der Waals surface area (Å²) in [6.07, 6.45) is 3.04. The molecule has 8 nitrogen and oxygen atoms in total. The third-order valence-electron chi connectivity index (χ3n) is 2.64. The molecule has 0 N–H and O–H groups in total. The highest BCUT2D eigenvalue weighted by Crippen LogP contribution is 2.30. The summed E-state index contributed by atoms with van der Waals surface area (Å²) in [5.41, 5.74) is -2.15. The maximum Gasteiger partial charge on any atom is 0.364 e. The SMILES string of the molecule is Cn1c(Sc2ccncc2)c([N+](=O)[O-])c(=O)n(C)c1=O. The molecule has 0 saturated heterocycles. The van der Waals surface area contributed by atoms with Gasteiger partial charge in [0, 0.05) is 31.4 Å². The van der Waals surface area contributed by atoms with Gasteiger partial charge in [-0.3, -0.25) is 29.0 Å². The third kappa shape index (κ3) is 2.35. The first kappa shape index (κ1) is 14.0. The Bertz CT molecular complexity index is 781. The van der Waals surface area contributed by atoms with E-state index in [1.165, 1.54) is 26.5 Å². The summed E-state index contributed by atoms with van der Waals surface area (Å²) in [5, 5.41) is 11.1. The fourth-order valence-corrected chi connectivity index (χ4v) is 2.55. The van der Waals surface area contributed by atoms with Crippen LogP contribution in [0.15, 0.2) is 44.0 Å². The maximum atomic E-state index is 11.9. The summed E-state index contributed by atoms with van der Waals surface area (Å²) >= 11 is 0.974. The monoisotopic (exact) mass is 294 g/mol. The van der Waals surface area contributed by atoms with Crippen molar-refractivity contribution in [1.29, 1.82) is 0 Å². The minimum atomic E-state index is -0.922. The van der Waals surface area contributed by atoms with Crippen LogP contribution in [0.2, 0.25) is 0 Å². The molecule has 0 spiro atoms. The molecule has 0 radical (unpaired) electrons. The molecule has 0 aliphatic heterocycles. The average molecular weight is 294 g/mol. The van der Waals surface area contributed by atoms with Crippen molar-refractivity contribution in [3.05, 3.63) is 55.5 Å². The van der Waals surface area contributed by atoms with Gasteiger partial charge in [0.1, 0.15) is 0 Å². The van der Waals surface area contributed by atoms with Crippen molar-refractivity contribution in [3.63, 3.8) is 0 Å². The van der Waals surface area contributed by atoms with Gasteiger partial charge in [-0.2, -0.15) is 0 Å². The van der Waals surface area contributed by atoms with Gasteiger partial charge in [-0.05, 0) is 12.1 Å². The Morgan fingerprint density at radius 2 is 1.80 bits per heavy atom. The molecule has 0 aliphatic rings. The molecule has 2 heterocycles. The number of hydrogen-bond donors (Lipinski definition) is 0. The number of hydrogen-bond acceptors (Lipinski definition) is 6. The van der Waals surface area contributed by atoms with E-state index in [0.29, 0.717) is 4.90 Å². The second-order valence-corrected chi connectivity index (χ2v) is 4.96. The van der Waals surface area contributed by atoms with E-state index in [4.69, 9.17) is 0 Å². The Labute approximate surface area is 116 Å². The van der Waals surface area contributed by atoms with Crippen molar-refractivity contribution in [2.75, 3.05) is 0 Å². The maximum absolute atomic E-state index is 11.9. The standard InChI is InChI=1S/C11H10N4O4S/c1-13-9(16)8(15(18)19)10(14(2)11(13)17)20-7-3-5-12-6-4-7/h3-6H,1-2H3. The van der Waals surface area contributed by atoms with Crippen LogP contribution < -0.4 is 11.2 Å². The number of nitro groups is 1. The smallest absolute Gasteiger partial charge is 0.285 e. The lowest BCUT2D eigenvalue weighted by Gasteiger charge is -2.09. The Hall–Kier alpha value is -2.42. The van der Waals surface area contributed by atoms with E-state index < -0.39 is 21.9 Å². The van der Waals surface area contributed by atoms with Crippen molar-refractivity contribution in [3.8, 4) is 0 Å². The van der Waals surface area contributed by atoms with Crippen LogP contribution in [0.5, 0.6) is 0 Å². The molecule has 20 heavy (non-hydrogen) atoms. The Morgan fingerprint density at radius 3 is 2.35 bits per heavy atom. The molecule has 2 aromatic heterocycles. The largest absolute Gasteiger partial charge is 0.364 e. The zero-order valence-electron chi connectivity index (χ0n) is 10.6. The van der Waals surface area contributed by atoms with Gasteiger partial charge in [-0.15, -0.1) is 0 Å². The summed E-state index contributed by atoms with van der Waals surface area (Å²) in [6.45, 7) is 0. The average Bonchev–Trinajstić information content (AvgIpc) is 2.43. The van der Waals surface area contributed by atoms with Crippen molar-refractivity contribution in [1.82, 2.24) is 14.1 Å². The molecule has 0 bridgehead atoms. The van der Waals surface area contributed by atoms with E-state index in [9.17, 15) is 19.7 Å². The van der Waals surface area contributed by atoms with Crippen molar-refractivity contribution >= 4 is 17.4 Å². The van der Waals surface area contributed by atoms with E-state index in [2.05, 4.69) is 4.98 Å². The van der Waals surface area contributed by atoms with Crippen molar-refractivity contribution in [2.45, 2.75) is 9.92 Å². The van der Waals surface area contributed by atoms with Crippen LogP contribution in [0.4, 0.5) is 5.69 Å². The van der Waals surface area contributed by atoms with Crippen molar-refractivity contribution < 1.29 is 4.92 Å². The van der Waals surface area contributed by atoms with Crippen LogP contribution >= 0.6 is 11.8 Å². The first-order valence-electron chi connectivity index (χ1n) is 5.45. The van der Waals surface area contributed by atoms with Gasteiger partial charge in [0.2, 0.25) is 0 Å². The van der Waals surface area contributed by atoms with E-state index in [0.717, 1.165) is 20.9 Å². The van der Waals surface area contributed by atoms with Gasteiger partial charge in [0.25, 0.3) is 0 Å². The topological polar surface area (TPSA) is 100 Å². The second-order valence-electron chi connectivity index (χ2n) is 3.90. The molecule has 104 valence electrons. The lowest BCUT2D eigenvalue weighted by atomic mass is 10.5. The van der Waals surface area contributed by atoms with Gasteiger partial charge < -0.3 is 0 Å². The number of rotatable bonds is 3. The van der Waals surface area contributed by atoms with E-state index >= 15 is 0 Å². The van der Waals surface area contributed by atoms with Crippen LogP contribution in [-0.2, 0) is 14.1 Å². The second kappa shape index (κ2) is 5.29. The summed E-state index contributed by atoms with van der Waals surface area (Å²) in [5.74, 6) is 0. The zero-order valence-corrected chi connectivity index (χ0v) is 11.5. The molecule has 0 aromatic carbocycles. The van der Waals surface area contributed by atoms with Gasteiger partial charge in [0.15, 0.2) is 5.03 Å². The molecule has 0 atom stereocenters. The molecule has 0 saturated carbocycles. The van der Waals surface area contributed by atoms with E-state index in [-0.39, 0.29) is 5.03 Å². The predicted molar refractivity (Wildman–Crippen MR) is 71.9 cm³/mol. The fourth-order valence-electron chi connectivity index (χ4n) is 1.60. The minimum absolute atomic E-state index is 0.00528. The highest BCUT2D eigenvalue weighted by Gasteiger charge is 2.26. The molecule has 9 heteroatoms. The van der Waals surface area contributed by atoms with Crippen molar-refractivity contribution in [2.24, 2.45) is 14.1 Å². The molecule has 0 fully saturated rings. The highest BCUT2D eigenvalue weighted by atomic mass is 32.2. The van der Waals surface area contributed by atoms with Gasteiger partial charge in [-0.1, -0.05) is 11.8 Å².